The highest BCUT2D eigenvalue weighted by atomic mass is 35.5. The Balaban J connectivity index is 0.00000272. The predicted octanol–water partition coefficient (Wildman–Crippen LogP) is 3.39. The Hall–Kier alpha value is -2.69. The van der Waals surface area contributed by atoms with Gasteiger partial charge < -0.3 is 14.6 Å². The zero-order chi connectivity index (χ0) is 21.3. The Morgan fingerprint density at radius 1 is 1.23 bits per heavy atom. The first-order chi connectivity index (χ1) is 14.4. The van der Waals surface area contributed by atoms with Crippen molar-refractivity contribution in [3.8, 4) is 0 Å². The maximum atomic E-state index is 12.0. The molecule has 0 atom stereocenters. The van der Waals surface area contributed by atoms with E-state index in [4.69, 9.17) is 9.40 Å². The third kappa shape index (κ3) is 4.97. The van der Waals surface area contributed by atoms with Crippen molar-refractivity contribution in [3.63, 3.8) is 0 Å². The molecule has 1 aliphatic heterocycles. The number of hydrogen-bond donors (Lipinski definition) is 1. The molecule has 1 saturated heterocycles. The van der Waals surface area contributed by atoms with Crippen LogP contribution in [0.25, 0.3) is 10.2 Å². The number of benzene rings is 1. The zero-order valence-corrected chi connectivity index (χ0v) is 18.9. The molecule has 0 saturated carbocycles. The molecule has 0 radical (unpaired) electrons. The van der Waals surface area contributed by atoms with Crippen LogP contribution < -0.4 is 10.2 Å². The van der Waals surface area contributed by atoms with Gasteiger partial charge in [-0.1, -0.05) is 17.4 Å². The summed E-state index contributed by atoms with van der Waals surface area (Å²) in [5, 5.41) is 14.4. The summed E-state index contributed by atoms with van der Waals surface area (Å²) in [6, 6.07) is 6.78. The van der Waals surface area contributed by atoms with Crippen LogP contribution in [0.5, 0.6) is 0 Å². The molecule has 1 amide bonds. The van der Waals surface area contributed by atoms with Crippen LogP contribution in [0.2, 0.25) is 0 Å². The van der Waals surface area contributed by atoms with Crippen LogP contribution >= 0.6 is 23.7 Å². The standard InChI is InChI=1S/C20H23N5O4S.ClH/c1-13-3-5-16-18(14(13)2)22-20(30-16)24-11-9-23(10-12-24)8-7-21-19(26)15-4-6-17(29-15)25(27)28;/h3-6H,7-12H2,1-2H3,(H,21,26);1H. The second kappa shape index (κ2) is 9.63. The number of amides is 1. The van der Waals surface area contributed by atoms with Gasteiger partial charge in [0.05, 0.1) is 16.3 Å². The van der Waals surface area contributed by atoms with E-state index < -0.39 is 16.7 Å². The monoisotopic (exact) mass is 465 g/mol. The molecule has 31 heavy (non-hydrogen) atoms. The van der Waals surface area contributed by atoms with Crippen LogP contribution in [0.4, 0.5) is 11.0 Å². The van der Waals surface area contributed by atoms with E-state index in [1.54, 1.807) is 11.3 Å². The van der Waals surface area contributed by atoms with Crippen LogP contribution in [0, 0.1) is 24.0 Å². The SMILES string of the molecule is Cc1ccc2sc(N3CCN(CCNC(=O)c4ccc([N+](=O)[O-])o4)CC3)nc2c1C.Cl. The largest absolute Gasteiger partial charge is 0.433 e. The normalized spacial score (nSPS) is 14.5. The third-order valence-electron chi connectivity index (χ3n) is 5.43. The average molecular weight is 466 g/mol. The second-order valence-corrected chi connectivity index (χ2v) is 8.34. The quantitative estimate of drug-likeness (QED) is 0.439. The Morgan fingerprint density at radius 2 is 1.97 bits per heavy atom. The fourth-order valence-electron chi connectivity index (χ4n) is 3.47. The van der Waals surface area contributed by atoms with Crippen molar-refractivity contribution in [1.29, 1.82) is 0 Å². The number of carbonyl (C=O) groups is 1. The molecule has 1 fully saturated rings. The second-order valence-electron chi connectivity index (χ2n) is 7.33. The molecule has 4 rings (SSSR count). The van der Waals surface area contributed by atoms with Crippen LogP contribution in [0.1, 0.15) is 21.7 Å². The van der Waals surface area contributed by atoms with Crippen LogP contribution in [0.15, 0.2) is 28.7 Å². The summed E-state index contributed by atoms with van der Waals surface area (Å²) >= 11 is 1.73. The number of aromatic nitrogens is 1. The maximum absolute atomic E-state index is 12.0. The predicted molar refractivity (Wildman–Crippen MR) is 123 cm³/mol. The summed E-state index contributed by atoms with van der Waals surface area (Å²) < 4.78 is 6.13. The zero-order valence-electron chi connectivity index (χ0n) is 17.3. The lowest BCUT2D eigenvalue weighted by Crippen LogP contribution is -2.48. The number of anilines is 1. The van der Waals surface area contributed by atoms with Crippen molar-refractivity contribution in [3.05, 3.63) is 51.3 Å². The van der Waals surface area contributed by atoms with E-state index >= 15 is 0 Å². The molecule has 1 aromatic carbocycles. The van der Waals surface area contributed by atoms with Gasteiger partial charge in [-0.05, 0) is 37.1 Å². The molecule has 0 aliphatic carbocycles. The lowest BCUT2D eigenvalue weighted by atomic mass is 10.1. The molecule has 166 valence electrons. The van der Waals surface area contributed by atoms with E-state index in [0.29, 0.717) is 13.1 Å². The molecule has 2 aromatic heterocycles. The van der Waals surface area contributed by atoms with Crippen molar-refractivity contribution in [1.82, 2.24) is 15.2 Å². The first kappa shape index (κ1) is 23.0. The molecular formula is C20H24ClN5O4S. The fraction of sp³-hybridized carbons (Fsp3) is 0.400. The number of aryl methyl sites for hydroxylation is 2. The first-order valence-corrected chi connectivity index (χ1v) is 10.6. The molecule has 0 spiro atoms. The fourth-order valence-corrected chi connectivity index (χ4v) is 4.55. The Labute approximate surface area is 189 Å². The maximum Gasteiger partial charge on any atom is 0.433 e. The van der Waals surface area contributed by atoms with Crippen LogP contribution in [0.3, 0.4) is 0 Å². The van der Waals surface area contributed by atoms with Crippen molar-refractivity contribution >= 4 is 50.9 Å². The van der Waals surface area contributed by atoms with Gasteiger partial charge in [-0.2, -0.15) is 0 Å². The van der Waals surface area contributed by atoms with Gasteiger partial charge in [-0.15, -0.1) is 12.4 Å². The Kier molecular flexibility index (Phi) is 7.14. The molecule has 1 N–H and O–H groups in total. The number of carbonyl (C=O) groups excluding carboxylic acids is 1. The molecule has 0 unspecified atom stereocenters. The smallest absolute Gasteiger partial charge is 0.395 e. The van der Waals surface area contributed by atoms with E-state index in [2.05, 4.69) is 41.1 Å². The van der Waals surface area contributed by atoms with Gasteiger partial charge in [0.1, 0.15) is 4.92 Å². The Bertz CT molecular complexity index is 1090. The van der Waals surface area contributed by atoms with E-state index in [-0.39, 0.29) is 18.2 Å². The van der Waals surface area contributed by atoms with E-state index in [1.807, 2.05) is 0 Å². The summed E-state index contributed by atoms with van der Waals surface area (Å²) in [6.45, 7) is 8.93. The molecule has 11 heteroatoms. The molecule has 1 aliphatic rings. The van der Waals surface area contributed by atoms with Gasteiger partial charge in [0.2, 0.25) is 0 Å². The lowest BCUT2D eigenvalue weighted by Gasteiger charge is -2.34. The highest BCUT2D eigenvalue weighted by Gasteiger charge is 2.21. The number of nitro groups is 1. The Morgan fingerprint density at radius 3 is 2.65 bits per heavy atom. The topological polar surface area (TPSA) is 105 Å². The van der Waals surface area contributed by atoms with Crippen molar-refractivity contribution in [2.75, 3.05) is 44.2 Å². The van der Waals surface area contributed by atoms with Gasteiger partial charge >= 0.3 is 5.88 Å². The summed E-state index contributed by atoms with van der Waals surface area (Å²) in [7, 11) is 0. The first-order valence-electron chi connectivity index (χ1n) is 9.79. The minimum absolute atomic E-state index is 0. The minimum Gasteiger partial charge on any atom is -0.395 e. The third-order valence-corrected chi connectivity index (χ3v) is 6.51. The highest BCUT2D eigenvalue weighted by Crippen LogP contribution is 2.32. The number of rotatable bonds is 6. The number of furan rings is 1. The number of nitrogens with one attached hydrogen (secondary N) is 1. The number of thiazole rings is 1. The summed E-state index contributed by atoms with van der Waals surface area (Å²) in [5.74, 6) is -0.925. The van der Waals surface area contributed by atoms with E-state index in [1.165, 1.54) is 28.0 Å². The van der Waals surface area contributed by atoms with E-state index in [9.17, 15) is 14.9 Å². The highest BCUT2D eigenvalue weighted by molar-refractivity contribution is 7.22. The number of halogens is 1. The van der Waals surface area contributed by atoms with Gasteiger partial charge in [-0.3, -0.25) is 19.8 Å². The summed E-state index contributed by atoms with van der Waals surface area (Å²) in [4.78, 5) is 31.5. The average Bonchev–Trinajstić information content (AvgIpc) is 3.39. The minimum atomic E-state index is -0.663. The van der Waals surface area contributed by atoms with Crippen molar-refractivity contribution < 1.29 is 14.1 Å². The molecule has 9 nitrogen and oxygen atoms in total. The van der Waals surface area contributed by atoms with E-state index in [0.717, 1.165) is 36.8 Å². The number of fused-ring (bicyclic) bond motifs is 1. The van der Waals surface area contributed by atoms with Crippen LogP contribution in [-0.2, 0) is 0 Å². The van der Waals surface area contributed by atoms with Gasteiger partial charge in [0.25, 0.3) is 5.91 Å². The van der Waals surface area contributed by atoms with Gasteiger partial charge in [-0.25, -0.2) is 4.98 Å². The van der Waals surface area contributed by atoms with Gasteiger partial charge in [0.15, 0.2) is 10.9 Å². The number of hydrogen-bond acceptors (Lipinski definition) is 8. The van der Waals surface area contributed by atoms with Crippen LogP contribution in [-0.4, -0.2) is 60.0 Å². The molecule has 3 heterocycles. The molecule has 3 aromatic rings. The van der Waals surface area contributed by atoms with Gasteiger partial charge in [0, 0.05) is 39.3 Å². The molecular weight excluding hydrogens is 442 g/mol. The van der Waals surface area contributed by atoms with Crippen molar-refractivity contribution in [2.24, 2.45) is 0 Å². The summed E-state index contributed by atoms with van der Waals surface area (Å²) in [5.41, 5.74) is 3.60. The van der Waals surface area contributed by atoms with Crippen molar-refractivity contribution in [2.45, 2.75) is 13.8 Å². The number of nitrogens with zero attached hydrogens (tertiary/aromatic N) is 4. The number of piperazine rings is 1. The summed E-state index contributed by atoms with van der Waals surface area (Å²) in [6.07, 6.45) is 0. The molecule has 0 bridgehead atoms. The lowest BCUT2D eigenvalue weighted by molar-refractivity contribution is -0.402.